The molecule has 1 saturated heterocycles. The van der Waals surface area contributed by atoms with Gasteiger partial charge in [-0.1, -0.05) is 6.58 Å². The molecule has 1 fully saturated rings. The molecule has 1 rings (SSSR count). The summed E-state index contributed by atoms with van der Waals surface area (Å²) in [7, 11) is 0. The van der Waals surface area contributed by atoms with Crippen LogP contribution in [0.1, 0.15) is 0 Å². The number of ether oxygens (including phenoxy) is 1. The van der Waals surface area contributed by atoms with E-state index in [1.807, 2.05) is 0 Å². The SMILES string of the molecule is C=CNC(=O)N1CCOCC1. The van der Waals surface area contributed by atoms with Crippen LogP contribution in [0.2, 0.25) is 0 Å². The van der Waals surface area contributed by atoms with Crippen molar-refractivity contribution in [3.63, 3.8) is 0 Å². The van der Waals surface area contributed by atoms with E-state index in [0.29, 0.717) is 26.3 Å². The third-order valence-corrected chi connectivity index (χ3v) is 1.52. The first-order valence-corrected chi connectivity index (χ1v) is 3.58. The molecular weight excluding hydrogens is 144 g/mol. The van der Waals surface area contributed by atoms with Gasteiger partial charge in [0.1, 0.15) is 0 Å². The predicted octanol–water partition coefficient (Wildman–Crippen LogP) is 0.172. The molecule has 0 radical (unpaired) electrons. The summed E-state index contributed by atoms with van der Waals surface area (Å²) in [6, 6.07) is -0.0942. The largest absolute Gasteiger partial charge is 0.378 e. The van der Waals surface area contributed by atoms with Crippen LogP contribution in [0.5, 0.6) is 0 Å². The van der Waals surface area contributed by atoms with E-state index in [4.69, 9.17) is 4.74 Å². The molecule has 2 amide bonds. The van der Waals surface area contributed by atoms with Crippen LogP contribution in [0, 0.1) is 0 Å². The van der Waals surface area contributed by atoms with Crippen molar-refractivity contribution in [1.29, 1.82) is 0 Å². The van der Waals surface area contributed by atoms with Gasteiger partial charge in [0, 0.05) is 13.1 Å². The van der Waals surface area contributed by atoms with Crippen molar-refractivity contribution in [2.45, 2.75) is 0 Å². The van der Waals surface area contributed by atoms with Crippen molar-refractivity contribution in [2.75, 3.05) is 26.3 Å². The fourth-order valence-electron chi connectivity index (χ4n) is 0.945. The van der Waals surface area contributed by atoms with Crippen molar-refractivity contribution >= 4 is 6.03 Å². The number of hydrogen-bond donors (Lipinski definition) is 1. The molecule has 0 bridgehead atoms. The fourth-order valence-corrected chi connectivity index (χ4v) is 0.945. The lowest BCUT2D eigenvalue weighted by Gasteiger charge is -2.26. The fraction of sp³-hybridized carbons (Fsp3) is 0.571. The Labute approximate surface area is 65.8 Å². The number of nitrogens with one attached hydrogen (secondary N) is 1. The summed E-state index contributed by atoms with van der Waals surface area (Å²) in [4.78, 5) is 12.8. The molecule has 0 aliphatic carbocycles. The average Bonchev–Trinajstić information content (AvgIpc) is 2.07. The van der Waals surface area contributed by atoms with Gasteiger partial charge in [0.25, 0.3) is 0 Å². The van der Waals surface area contributed by atoms with Gasteiger partial charge in [0.15, 0.2) is 0 Å². The number of rotatable bonds is 1. The zero-order valence-corrected chi connectivity index (χ0v) is 6.38. The Morgan fingerprint density at radius 1 is 1.55 bits per heavy atom. The second kappa shape index (κ2) is 3.98. The average molecular weight is 156 g/mol. The van der Waals surface area contributed by atoms with Gasteiger partial charge in [-0.3, -0.25) is 0 Å². The molecule has 1 heterocycles. The Hall–Kier alpha value is -1.03. The summed E-state index contributed by atoms with van der Waals surface area (Å²) in [6.45, 7) is 6.00. The zero-order valence-electron chi connectivity index (χ0n) is 6.38. The molecule has 0 aromatic rings. The molecule has 0 saturated carbocycles. The quantitative estimate of drug-likeness (QED) is 0.588. The van der Waals surface area contributed by atoms with Crippen LogP contribution >= 0.6 is 0 Å². The Morgan fingerprint density at radius 3 is 2.73 bits per heavy atom. The topological polar surface area (TPSA) is 41.6 Å². The molecule has 1 aliphatic heterocycles. The van der Waals surface area contributed by atoms with Crippen molar-refractivity contribution < 1.29 is 9.53 Å². The van der Waals surface area contributed by atoms with Gasteiger partial charge in [-0.15, -0.1) is 0 Å². The lowest BCUT2D eigenvalue weighted by Crippen LogP contribution is -2.44. The molecule has 0 aromatic heterocycles. The Balaban J connectivity index is 2.32. The van der Waals surface area contributed by atoms with Gasteiger partial charge >= 0.3 is 6.03 Å². The van der Waals surface area contributed by atoms with Gasteiger partial charge < -0.3 is 15.0 Å². The highest BCUT2D eigenvalue weighted by Gasteiger charge is 2.14. The number of urea groups is 1. The molecule has 1 N–H and O–H groups in total. The Kier molecular flexibility index (Phi) is 2.92. The summed E-state index contributed by atoms with van der Waals surface area (Å²) in [5.74, 6) is 0. The van der Waals surface area contributed by atoms with E-state index in [2.05, 4.69) is 11.9 Å². The minimum absolute atomic E-state index is 0.0942. The van der Waals surface area contributed by atoms with E-state index in [-0.39, 0.29) is 6.03 Å². The summed E-state index contributed by atoms with van der Waals surface area (Å²) < 4.78 is 5.08. The van der Waals surface area contributed by atoms with E-state index in [1.165, 1.54) is 6.20 Å². The summed E-state index contributed by atoms with van der Waals surface area (Å²) >= 11 is 0. The van der Waals surface area contributed by atoms with Crippen LogP contribution in [0.3, 0.4) is 0 Å². The monoisotopic (exact) mass is 156 g/mol. The molecule has 0 unspecified atom stereocenters. The van der Waals surface area contributed by atoms with Gasteiger partial charge in [-0.05, 0) is 6.20 Å². The maximum Gasteiger partial charge on any atom is 0.321 e. The smallest absolute Gasteiger partial charge is 0.321 e. The molecule has 4 nitrogen and oxygen atoms in total. The molecule has 4 heteroatoms. The lowest BCUT2D eigenvalue weighted by atomic mass is 10.4. The minimum Gasteiger partial charge on any atom is -0.378 e. The van der Waals surface area contributed by atoms with Crippen LogP contribution < -0.4 is 5.32 Å². The molecule has 1 aliphatic rings. The summed E-state index contributed by atoms with van der Waals surface area (Å²) in [6.07, 6.45) is 1.39. The number of morpholine rings is 1. The van der Waals surface area contributed by atoms with Gasteiger partial charge in [0.05, 0.1) is 13.2 Å². The van der Waals surface area contributed by atoms with E-state index in [0.717, 1.165) is 0 Å². The van der Waals surface area contributed by atoms with E-state index in [9.17, 15) is 4.79 Å². The maximum atomic E-state index is 11.1. The van der Waals surface area contributed by atoms with Gasteiger partial charge in [0.2, 0.25) is 0 Å². The zero-order chi connectivity index (χ0) is 8.10. The van der Waals surface area contributed by atoms with Crippen LogP contribution in [0.4, 0.5) is 4.79 Å². The number of hydrogen-bond acceptors (Lipinski definition) is 2. The first-order chi connectivity index (χ1) is 5.34. The Bertz CT molecular complexity index is 153. The van der Waals surface area contributed by atoms with Crippen LogP contribution in [-0.4, -0.2) is 37.2 Å². The van der Waals surface area contributed by atoms with Gasteiger partial charge in [-0.2, -0.15) is 0 Å². The van der Waals surface area contributed by atoms with Crippen molar-refractivity contribution in [1.82, 2.24) is 10.2 Å². The highest BCUT2D eigenvalue weighted by Crippen LogP contribution is 1.96. The molecule has 62 valence electrons. The number of carbonyl (C=O) groups excluding carboxylic acids is 1. The highest BCUT2D eigenvalue weighted by molar-refractivity contribution is 5.75. The molecular formula is C7H12N2O2. The lowest BCUT2D eigenvalue weighted by molar-refractivity contribution is 0.0540. The predicted molar refractivity (Wildman–Crippen MR) is 41.1 cm³/mol. The summed E-state index contributed by atoms with van der Waals surface area (Å²) in [5.41, 5.74) is 0. The number of nitrogens with zero attached hydrogens (tertiary/aromatic N) is 1. The standard InChI is InChI=1S/C7H12N2O2/c1-2-8-7(10)9-3-5-11-6-4-9/h2H,1,3-6H2,(H,8,10). The second-order valence-corrected chi connectivity index (χ2v) is 2.25. The van der Waals surface area contributed by atoms with Crippen LogP contribution in [0.25, 0.3) is 0 Å². The normalized spacial score (nSPS) is 17.6. The first kappa shape index (κ1) is 8.07. The molecule has 0 spiro atoms. The van der Waals surface area contributed by atoms with Crippen LogP contribution in [0.15, 0.2) is 12.8 Å². The number of carbonyl (C=O) groups is 1. The van der Waals surface area contributed by atoms with E-state index in [1.54, 1.807) is 4.90 Å². The van der Waals surface area contributed by atoms with Crippen molar-refractivity contribution in [3.8, 4) is 0 Å². The second-order valence-electron chi connectivity index (χ2n) is 2.25. The number of amides is 2. The third kappa shape index (κ3) is 2.23. The molecule has 0 aromatic carbocycles. The molecule has 11 heavy (non-hydrogen) atoms. The third-order valence-electron chi connectivity index (χ3n) is 1.52. The molecule has 0 atom stereocenters. The summed E-state index contributed by atoms with van der Waals surface area (Å²) in [5, 5.41) is 2.51. The van der Waals surface area contributed by atoms with E-state index >= 15 is 0 Å². The van der Waals surface area contributed by atoms with Crippen LogP contribution in [-0.2, 0) is 4.74 Å². The minimum atomic E-state index is -0.0942. The van der Waals surface area contributed by atoms with Crippen molar-refractivity contribution in [2.24, 2.45) is 0 Å². The van der Waals surface area contributed by atoms with Gasteiger partial charge in [-0.25, -0.2) is 4.79 Å². The van der Waals surface area contributed by atoms with E-state index < -0.39 is 0 Å². The maximum absolute atomic E-state index is 11.1. The van der Waals surface area contributed by atoms with Crippen molar-refractivity contribution in [3.05, 3.63) is 12.8 Å². The Morgan fingerprint density at radius 2 is 2.18 bits per heavy atom. The first-order valence-electron chi connectivity index (χ1n) is 3.58. The highest BCUT2D eigenvalue weighted by atomic mass is 16.5.